The first-order chi connectivity index (χ1) is 20.1. The Morgan fingerprint density at radius 3 is 2.43 bits per heavy atom. The van der Waals surface area contributed by atoms with Crippen LogP contribution < -0.4 is 15.7 Å². The lowest BCUT2D eigenvalue weighted by atomic mass is 9.84. The van der Waals surface area contributed by atoms with Gasteiger partial charge >= 0.3 is 5.97 Å². The number of Topliss-reactive ketones (excluding diaryl/α,β-unsaturated/α-hetero) is 1. The van der Waals surface area contributed by atoms with Gasteiger partial charge in [-0.25, -0.2) is 4.98 Å². The van der Waals surface area contributed by atoms with Gasteiger partial charge in [0.25, 0.3) is 11.8 Å². The molecule has 2 aromatic carbocycles. The highest BCUT2D eigenvalue weighted by Crippen LogP contribution is 2.31. The van der Waals surface area contributed by atoms with E-state index in [0.717, 1.165) is 10.9 Å². The van der Waals surface area contributed by atoms with Crippen LogP contribution in [0.25, 0.3) is 16.4 Å². The molecule has 12 nitrogen and oxygen atoms in total. The molecule has 2 unspecified atom stereocenters. The van der Waals surface area contributed by atoms with E-state index in [1.165, 1.54) is 0 Å². The van der Waals surface area contributed by atoms with Crippen molar-refractivity contribution in [1.29, 1.82) is 0 Å². The Kier molecular flexibility index (Phi) is 9.35. The maximum absolute atomic E-state index is 13.7. The number of nitrogens with one attached hydrogen (secondary N) is 3. The summed E-state index contributed by atoms with van der Waals surface area (Å²) in [6.07, 6.45) is -0.664. The number of carboxylic acid groups (broad SMARTS) is 1. The van der Waals surface area contributed by atoms with E-state index in [2.05, 4.69) is 20.8 Å². The second-order valence-corrected chi connectivity index (χ2v) is 10.5. The minimum Gasteiger partial charge on any atom is -0.508 e. The van der Waals surface area contributed by atoms with Gasteiger partial charge in [-0.1, -0.05) is 73.6 Å². The molecule has 12 heteroatoms. The zero-order chi connectivity index (χ0) is 30.3. The number of ketones is 1. The van der Waals surface area contributed by atoms with Crippen LogP contribution in [0.1, 0.15) is 42.7 Å². The molecule has 0 bridgehead atoms. The average Bonchev–Trinajstić information content (AvgIpc) is 3.40. The number of pyridine rings is 1. The molecular formula is C30H32N6O6. The van der Waals surface area contributed by atoms with E-state index < -0.39 is 54.2 Å². The Labute approximate surface area is 242 Å². The van der Waals surface area contributed by atoms with E-state index in [1.54, 1.807) is 35.4 Å². The number of carbonyl (C=O) groups excluding carboxylic acids is 3. The summed E-state index contributed by atoms with van der Waals surface area (Å²) in [6.45, 7) is 3.22. The molecule has 42 heavy (non-hydrogen) atoms. The number of hydrogen-bond donors (Lipinski definition) is 4. The maximum Gasteiger partial charge on any atom is 0.305 e. The molecule has 2 heterocycles. The van der Waals surface area contributed by atoms with Gasteiger partial charge in [0.2, 0.25) is 11.4 Å². The summed E-state index contributed by atoms with van der Waals surface area (Å²) < 4.78 is 0. The molecule has 0 saturated carbocycles. The Hall–Kier alpha value is -5.00. The second-order valence-electron chi connectivity index (χ2n) is 10.5. The first-order valence-electron chi connectivity index (χ1n) is 13.5. The quantitative estimate of drug-likeness (QED) is 0.223. The number of rotatable bonds is 13. The summed E-state index contributed by atoms with van der Waals surface area (Å²) in [5.74, 6) is -3.34. The van der Waals surface area contributed by atoms with E-state index >= 15 is 0 Å². The van der Waals surface area contributed by atoms with Crippen molar-refractivity contribution in [3.05, 3.63) is 83.5 Å². The van der Waals surface area contributed by atoms with Gasteiger partial charge in [0.1, 0.15) is 11.7 Å². The molecule has 0 fully saturated rings. The van der Waals surface area contributed by atoms with E-state index in [9.17, 15) is 24.3 Å². The largest absolute Gasteiger partial charge is 0.508 e. The summed E-state index contributed by atoms with van der Waals surface area (Å²) >= 11 is 0. The smallest absolute Gasteiger partial charge is 0.305 e. The molecule has 4 rings (SSSR count). The van der Waals surface area contributed by atoms with Gasteiger partial charge in [-0.15, -0.1) is 0 Å². The number of hydrogen-bond acceptors (Lipinski definition) is 7. The van der Waals surface area contributed by atoms with Gasteiger partial charge in [0, 0.05) is 18.2 Å². The molecule has 4 N–H and O–H groups in total. The fraction of sp³-hybridized carbons (Fsp3) is 0.333. The topological polar surface area (TPSA) is 183 Å². The normalized spacial score (nSPS) is 17.5. The van der Waals surface area contributed by atoms with Crippen molar-refractivity contribution in [3.8, 4) is 0 Å². The number of oxime groups is 1. The molecule has 3 aromatic rings. The molecule has 1 aromatic heterocycles. The number of fused-ring (bicyclic) bond motifs is 1. The van der Waals surface area contributed by atoms with E-state index in [1.807, 2.05) is 50.2 Å². The number of carboxylic acids is 1. The van der Waals surface area contributed by atoms with Crippen molar-refractivity contribution in [2.75, 3.05) is 6.54 Å². The minimum atomic E-state index is -1.63. The SMILES string of the molecule is CC(C)C(NC(=O)c1ccc2ccccc2n1)C1=NOC(Cc2ccccc2)(C(=O)N[C@@H](CC(=O)O)C(=O)C[NH+]=[N-])C1. The molecule has 0 spiro atoms. The zero-order valence-corrected chi connectivity index (χ0v) is 23.2. The predicted molar refractivity (Wildman–Crippen MR) is 152 cm³/mol. The van der Waals surface area contributed by atoms with Gasteiger partial charge in [-0.3, -0.25) is 19.2 Å². The van der Waals surface area contributed by atoms with Gasteiger partial charge in [0.15, 0.2) is 6.54 Å². The molecule has 0 radical (unpaired) electrons. The van der Waals surface area contributed by atoms with Crippen molar-refractivity contribution < 1.29 is 34.2 Å². The molecule has 218 valence electrons. The third-order valence-electron chi connectivity index (χ3n) is 7.02. The minimum absolute atomic E-state index is 0.0335. The van der Waals surface area contributed by atoms with Crippen LogP contribution in [-0.4, -0.2) is 63.6 Å². The highest BCUT2D eigenvalue weighted by atomic mass is 16.7. The average molecular weight is 573 g/mol. The van der Waals surface area contributed by atoms with E-state index in [-0.39, 0.29) is 24.5 Å². The van der Waals surface area contributed by atoms with Crippen molar-refractivity contribution in [3.63, 3.8) is 0 Å². The van der Waals surface area contributed by atoms with E-state index in [0.29, 0.717) is 11.2 Å². The summed E-state index contributed by atoms with van der Waals surface area (Å²) in [5.41, 5.74) is 9.37. The number of carbonyl (C=O) groups is 4. The number of para-hydroxylation sites is 1. The third kappa shape index (κ3) is 7.00. The predicted octanol–water partition coefficient (Wildman–Crippen LogP) is 1.38. The van der Waals surface area contributed by atoms with Crippen molar-refractivity contribution in [1.82, 2.24) is 15.6 Å². The molecule has 3 atom stereocenters. The van der Waals surface area contributed by atoms with Gasteiger partial charge in [-0.05, 0) is 23.6 Å². The van der Waals surface area contributed by atoms with Crippen molar-refractivity contribution in [2.45, 2.75) is 50.8 Å². The molecule has 2 amide bonds. The van der Waals surface area contributed by atoms with Gasteiger partial charge < -0.3 is 31.2 Å². The number of amides is 2. The summed E-state index contributed by atoms with van der Waals surface area (Å²) in [4.78, 5) is 61.2. The Bertz CT molecular complexity index is 1520. The molecule has 1 aliphatic rings. The lowest BCUT2D eigenvalue weighted by molar-refractivity contribution is -0.467. The van der Waals surface area contributed by atoms with Crippen LogP contribution >= 0.6 is 0 Å². The van der Waals surface area contributed by atoms with Crippen molar-refractivity contribution in [2.24, 2.45) is 11.1 Å². The van der Waals surface area contributed by atoms with Gasteiger partial charge in [-0.2, -0.15) is 0 Å². The molecular weight excluding hydrogens is 540 g/mol. The fourth-order valence-electron chi connectivity index (χ4n) is 4.85. The first-order valence-corrected chi connectivity index (χ1v) is 13.5. The lowest BCUT2D eigenvalue weighted by Crippen LogP contribution is -2.68. The maximum atomic E-state index is 13.7. The van der Waals surface area contributed by atoms with Crippen LogP contribution in [0.5, 0.6) is 0 Å². The molecule has 1 aliphatic heterocycles. The van der Waals surface area contributed by atoms with E-state index in [4.69, 9.17) is 10.4 Å². The Balaban J connectivity index is 1.59. The monoisotopic (exact) mass is 572 g/mol. The number of aromatic nitrogens is 1. The molecule has 0 aliphatic carbocycles. The van der Waals surface area contributed by atoms with Crippen LogP contribution in [0.15, 0.2) is 71.9 Å². The Morgan fingerprint density at radius 2 is 1.74 bits per heavy atom. The number of nitrogens with zero attached hydrogens (tertiary/aromatic N) is 3. The highest BCUT2D eigenvalue weighted by Gasteiger charge is 2.49. The zero-order valence-electron chi connectivity index (χ0n) is 23.2. The highest BCUT2D eigenvalue weighted by molar-refractivity contribution is 6.03. The summed E-state index contributed by atoms with van der Waals surface area (Å²) in [7, 11) is 0. The first kappa shape index (κ1) is 30.0. The van der Waals surface area contributed by atoms with Crippen LogP contribution in [0.4, 0.5) is 0 Å². The van der Waals surface area contributed by atoms with Crippen LogP contribution in [-0.2, 0) is 25.6 Å². The fourth-order valence-corrected chi connectivity index (χ4v) is 4.85. The Morgan fingerprint density at radius 1 is 1.02 bits per heavy atom. The lowest BCUT2D eigenvalue weighted by Gasteiger charge is -2.28. The van der Waals surface area contributed by atoms with Crippen LogP contribution in [0.3, 0.4) is 0 Å². The number of aliphatic carboxylic acids is 1. The summed E-state index contributed by atoms with van der Waals surface area (Å²) in [6, 6.07) is 17.9. The van der Waals surface area contributed by atoms with Crippen molar-refractivity contribution >= 4 is 40.2 Å². The summed E-state index contributed by atoms with van der Waals surface area (Å²) in [5, 5.41) is 21.6. The number of benzene rings is 2. The van der Waals surface area contributed by atoms with Gasteiger partial charge in [0.05, 0.1) is 23.7 Å². The molecule has 0 saturated heterocycles. The standard InChI is InChI=1S/C30H32N6O6/c1-18(2)27(35-28(40)22-13-12-20-10-6-7-11-21(20)33-22)24-16-30(42-36-24,15-19-8-4-3-5-9-19)29(41)34-23(14-26(38)39)25(37)17-32-31/h3-13,18,23,27,32H,14-17H2,1-2H3,(H,34,41)(H,35,40)(H,38,39)/t23-,27?,30?/m0/s1. The van der Waals surface area contributed by atoms with Crippen LogP contribution in [0.2, 0.25) is 0 Å². The second kappa shape index (κ2) is 13.1. The van der Waals surface area contributed by atoms with Crippen LogP contribution in [0, 0.1) is 5.92 Å². The third-order valence-corrected chi connectivity index (χ3v) is 7.02.